The van der Waals surface area contributed by atoms with Crippen LogP contribution in [0.5, 0.6) is 0 Å². The SMILES string of the molecule is CC/C=C\C/C=C\C/C=C\C/C=C\C/C=C\CCCCCCCCCCCCCCCCCC(=O)OCC(O)COP(=O)(O)OCC(O)COP(=O)(O)OCC(COC(=O)CCCCCCCCCCC/C=C\C/C=C\C/C=C\C/C=C\CCCCC)OC(=O)CCCCCCCC/C=C\C/C=C\C/C=C\C/C=C\CC. The van der Waals surface area contributed by atoms with Gasteiger partial charge in [0, 0.05) is 19.3 Å². The Balaban J connectivity index is 4.57. The Labute approximate surface area is 676 Å². The van der Waals surface area contributed by atoms with Crippen molar-refractivity contribution >= 4 is 33.6 Å². The quantitative estimate of drug-likeness (QED) is 0.0146. The first-order valence-corrected chi connectivity index (χ1v) is 46.8. The third kappa shape index (κ3) is 85.9. The first-order valence-electron chi connectivity index (χ1n) is 43.8. The molecule has 0 fully saturated rings. The maximum absolute atomic E-state index is 13.0. The molecule has 111 heavy (non-hydrogen) atoms. The number of hydrogen-bond donors (Lipinski definition) is 4. The van der Waals surface area contributed by atoms with Gasteiger partial charge in [0.15, 0.2) is 6.10 Å². The summed E-state index contributed by atoms with van der Waals surface area (Å²) in [5.74, 6) is -1.59. The molecule has 0 spiro atoms. The van der Waals surface area contributed by atoms with E-state index in [0.717, 1.165) is 167 Å². The lowest BCUT2D eigenvalue weighted by Crippen LogP contribution is -2.30. The van der Waals surface area contributed by atoms with E-state index in [9.17, 15) is 43.5 Å². The lowest BCUT2D eigenvalue weighted by Gasteiger charge is -2.21. The maximum Gasteiger partial charge on any atom is 0.472 e. The lowest BCUT2D eigenvalue weighted by atomic mass is 10.0. The Kier molecular flexibility index (Phi) is 80.9. The summed E-state index contributed by atoms with van der Waals surface area (Å²) in [6.07, 6.45) is 107. The summed E-state index contributed by atoms with van der Waals surface area (Å²) in [5.41, 5.74) is 0. The van der Waals surface area contributed by atoms with Gasteiger partial charge in [-0.05, 0) is 148 Å². The van der Waals surface area contributed by atoms with E-state index in [1.807, 2.05) is 0 Å². The standard InChI is InChI=1S/C93H158O16P2/c1-4-7-10-13-16-19-22-25-28-31-34-36-38-40-41-42-43-44-45-47-49-50-53-55-58-61-64-67-70-73-76-79-91(96)103-82-88(94)83-105-110(99,100)106-84-89(95)85-107-111(101,102)108-87-90(109-93(98)81-78-75-72-69-66-63-60-57-52-33-30-27-24-21-18-15-12-9-6-3)86-104-92(97)80-77-74-71-68-65-62-59-56-54-51-48-46-39-37-35-32-29-26-23-20-17-14-11-8-5-2/h7,9-10,12,16-21,25-30,34-37,40-41,46,48,52,57,88-90,94-95H,4-6,8,11,13-15,22-24,31-33,38-39,42-45,47,49-51,53-56,58-87H2,1-3H3,(H,99,100)(H,101,102)/b10-7-,12-9-,19-16-,20-17-,21-18-,28-25-,29-26-,30-27-,36-34-,37-35-,41-40-,48-46-,57-52-. The van der Waals surface area contributed by atoms with Gasteiger partial charge in [-0.25, -0.2) is 9.13 Å². The van der Waals surface area contributed by atoms with Crippen molar-refractivity contribution in [1.82, 2.24) is 0 Å². The summed E-state index contributed by atoms with van der Waals surface area (Å²) in [4.78, 5) is 58.9. The molecule has 0 aliphatic carbocycles. The number of hydrogen-bond acceptors (Lipinski definition) is 14. The van der Waals surface area contributed by atoms with Gasteiger partial charge in [0.25, 0.3) is 0 Å². The van der Waals surface area contributed by atoms with Gasteiger partial charge >= 0.3 is 33.6 Å². The van der Waals surface area contributed by atoms with Crippen molar-refractivity contribution in [2.45, 2.75) is 373 Å². The largest absolute Gasteiger partial charge is 0.472 e. The van der Waals surface area contributed by atoms with E-state index in [-0.39, 0.29) is 19.3 Å². The zero-order chi connectivity index (χ0) is 80.8. The summed E-state index contributed by atoms with van der Waals surface area (Å²) in [7, 11) is -9.81. The van der Waals surface area contributed by atoms with Crippen molar-refractivity contribution in [3.63, 3.8) is 0 Å². The Bertz CT molecular complexity index is 2650. The molecule has 0 aromatic heterocycles. The predicted octanol–water partition coefficient (Wildman–Crippen LogP) is 26.5. The second-order valence-electron chi connectivity index (χ2n) is 28.9. The zero-order valence-corrected chi connectivity index (χ0v) is 71.6. The first kappa shape index (κ1) is 106. The molecular formula is C93H158O16P2. The molecule has 0 rings (SSSR count). The summed E-state index contributed by atoms with van der Waals surface area (Å²) in [6.45, 7) is 2.44. The number of allylic oxidation sites excluding steroid dienone is 26. The average molecular weight is 1590 g/mol. The van der Waals surface area contributed by atoms with Gasteiger partial charge in [-0.15, -0.1) is 0 Å². The molecule has 5 atom stereocenters. The lowest BCUT2D eigenvalue weighted by molar-refractivity contribution is -0.161. The van der Waals surface area contributed by atoms with Crippen molar-refractivity contribution in [3.8, 4) is 0 Å². The summed E-state index contributed by atoms with van der Waals surface area (Å²) in [5, 5.41) is 20.7. The minimum Gasteiger partial charge on any atom is -0.463 e. The molecule has 0 radical (unpaired) electrons. The molecule has 0 aliphatic rings. The highest BCUT2D eigenvalue weighted by atomic mass is 31.2. The Morgan fingerprint density at radius 1 is 0.261 bits per heavy atom. The Hall–Kier alpha value is -4.83. The normalized spacial score (nSPS) is 14.6. The average Bonchev–Trinajstić information content (AvgIpc) is 0.895. The van der Waals surface area contributed by atoms with Crippen LogP contribution in [0.25, 0.3) is 0 Å². The summed E-state index contributed by atoms with van der Waals surface area (Å²) in [6, 6.07) is 0. The van der Waals surface area contributed by atoms with Gasteiger partial charge in [-0.1, -0.05) is 346 Å². The number of phosphoric ester groups is 2. The Morgan fingerprint density at radius 2 is 0.477 bits per heavy atom. The fraction of sp³-hybridized carbons (Fsp3) is 0.688. The second-order valence-corrected chi connectivity index (χ2v) is 31.8. The molecule has 4 N–H and O–H groups in total. The van der Waals surface area contributed by atoms with E-state index in [1.165, 1.54) is 128 Å². The fourth-order valence-corrected chi connectivity index (χ4v) is 13.2. The smallest absolute Gasteiger partial charge is 0.463 e. The van der Waals surface area contributed by atoms with Gasteiger partial charge in [-0.3, -0.25) is 32.5 Å². The van der Waals surface area contributed by atoms with Gasteiger partial charge in [0.05, 0.1) is 26.4 Å². The monoisotopic (exact) mass is 1590 g/mol. The third-order valence-corrected chi connectivity index (χ3v) is 20.1. The fourth-order valence-electron chi connectivity index (χ4n) is 11.6. The molecule has 0 aromatic rings. The van der Waals surface area contributed by atoms with Crippen molar-refractivity contribution in [3.05, 3.63) is 158 Å². The molecule has 0 aromatic carbocycles. The van der Waals surface area contributed by atoms with Crippen LogP contribution in [0.3, 0.4) is 0 Å². The van der Waals surface area contributed by atoms with Crippen molar-refractivity contribution in [1.29, 1.82) is 0 Å². The molecule has 0 saturated heterocycles. The van der Waals surface area contributed by atoms with Crippen LogP contribution in [0.4, 0.5) is 0 Å². The van der Waals surface area contributed by atoms with Gasteiger partial charge < -0.3 is 34.2 Å². The number of carbonyl (C=O) groups is 3. The van der Waals surface area contributed by atoms with E-state index >= 15 is 0 Å². The summed E-state index contributed by atoms with van der Waals surface area (Å²) >= 11 is 0. The minimum absolute atomic E-state index is 0.0832. The van der Waals surface area contributed by atoms with Crippen LogP contribution in [0, 0.1) is 0 Å². The topological polar surface area (TPSA) is 231 Å². The number of phosphoric acid groups is 2. The predicted molar refractivity (Wildman–Crippen MR) is 463 cm³/mol. The molecule has 0 aliphatic heterocycles. The number of aliphatic hydroxyl groups is 2. The van der Waals surface area contributed by atoms with Gasteiger partial charge in [-0.2, -0.15) is 0 Å². The van der Waals surface area contributed by atoms with Crippen molar-refractivity contribution < 1.29 is 75.8 Å². The highest BCUT2D eigenvalue weighted by molar-refractivity contribution is 7.47. The van der Waals surface area contributed by atoms with E-state index in [1.54, 1.807) is 0 Å². The number of rotatable bonds is 82. The molecule has 18 heteroatoms. The molecule has 0 saturated carbocycles. The molecule has 0 bridgehead atoms. The molecule has 0 heterocycles. The Morgan fingerprint density at radius 3 is 0.757 bits per heavy atom. The zero-order valence-electron chi connectivity index (χ0n) is 69.8. The minimum atomic E-state index is -4.95. The van der Waals surface area contributed by atoms with Crippen LogP contribution in [0.1, 0.15) is 355 Å². The van der Waals surface area contributed by atoms with Gasteiger partial charge in [0.2, 0.25) is 0 Å². The number of carbonyl (C=O) groups excluding carboxylic acids is 3. The van der Waals surface area contributed by atoms with Crippen LogP contribution >= 0.6 is 15.6 Å². The van der Waals surface area contributed by atoms with Crippen LogP contribution in [0.15, 0.2) is 158 Å². The van der Waals surface area contributed by atoms with E-state index in [2.05, 4.69) is 179 Å². The number of ether oxygens (including phenoxy) is 3. The highest BCUT2D eigenvalue weighted by Crippen LogP contribution is 2.45. The second kappa shape index (κ2) is 84.6. The molecule has 16 nitrogen and oxygen atoms in total. The van der Waals surface area contributed by atoms with Crippen LogP contribution in [-0.4, -0.2) is 95.9 Å². The van der Waals surface area contributed by atoms with Gasteiger partial charge in [0.1, 0.15) is 25.4 Å². The van der Waals surface area contributed by atoms with Crippen LogP contribution < -0.4 is 0 Å². The van der Waals surface area contributed by atoms with Crippen molar-refractivity contribution in [2.75, 3.05) is 39.6 Å². The molecular weight excluding hydrogens is 1430 g/mol. The van der Waals surface area contributed by atoms with E-state index < -0.39 is 91.5 Å². The van der Waals surface area contributed by atoms with E-state index in [0.29, 0.717) is 19.3 Å². The van der Waals surface area contributed by atoms with E-state index in [4.69, 9.17) is 32.3 Å². The highest BCUT2D eigenvalue weighted by Gasteiger charge is 2.29. The summed E-state index contributed by atoms with van der Waals surface area (Å²) < 4.78 is 61.4. The number of esters is 3. The number of aliphatic hydroxyl groups excluding tert-OH is 2. The molecule has 5 unspecified atom stereocenters. The molecule has 0 amide bonds. The van der Waals surface area contributed by atoms with Crippen molar-refractivity contribution in [2.24, 2.45) is 0 Å². The number of unbranched alkanes of at least 4 members (excludes halogenated alkanes) is 33. The van der Waals surface area contributed by atoms with Crippen LogP contribution in [0.2, 0.25) is 0 Å². The third-order valence-electron chi connectivity index (χ3n) is 18.2. The maximum atomic E-state index is 13.0. The van der Waals surface area contributed by atoms with Crippen LogP contribution in [-0.2, 0) is 55.8 Å². The molecule has 636 valence electrons. The first-order chi connectivity index (χ1) is 54.2.